The van der Waals surface area contributed by atoms with Crippen LogP contribution < -0.4 is 5.32 Å². The highest BCUT2D eigenvalue weighted by Gasteiger charge is 2.16. The Morgan fingerprint density at radius 3 is 2.41 bits per heavy atom. The van der Waals surface area contributed by atoms with Crippen LogP contribution in [0.1, 0.15) is 17.0 Å². The summed E-state index contributed by atoms with van der Waals surface area (Å²) in [5, 5.41) is 12.3. The van der Waals surface area contributed by atoms with E-state index in [1.54, 1.807) is 0 Å². The number of aromatic nitrogens is 4. The minimum atomic E-state index is -0.0782. The third kappa shape index (κ3) is 4.75. The van der Waals surface area contributed by atoms with Crippen LogP contribution in [0.3, 0.4) is 0 Å². The van der Waals surface area contributed by atoms with Crippen molar-refractivity contribution < 1.29 is 4.79 Å². The van der Waals surface area contributed by atoms with E-state index < -0.39 is 0 Å². The number of anilines is 1. The molecule has 0 atom stereocenters. The second kappa shape index (κ2) is 8.79. The summed E-state index contributed by atoms with van der Waals surface area (Å²) in [6, 6.07) is 21.8. The number of aryl methyl sites for hydroxylation is 1. The van der Waals surface area contributed by atoms with Crippen LogP contribution in [0.4, 0.5) is 5.69 Å². The molecule has 146 valence electrons. The molecule has 7 heteroatoms. The second-order valence-corrected chi connectivity index (χ2v) is 7.58. The Morgan fingerprint density at radius 1 is 0.966 bits per heavy atom. The van der Waals surface area contributed by atoms with Crippen LogP contribution in [-0.2, 0) is 11.2 Å². The summed E-state index contributed by atoms with van der Waals surface area (Å²) in [4.78, 5) is 12.4. The van der Waals surface area contributed by atoms with Crippen LogP contribution in [-0.4, -0.2) is 31.2 Å². The van der Waals surface area contributed by atoms with E-state index in [1.807, 2.05) is 83.3 Å². The van der Waals surface area contributed by atoms with E-state index in [2.05, 4.69) is 27.6 Å². The van der Waals surface area contributed by atoms with E-state index in [-0.39, 0.29) is 11.7 Å². The molecular formula is C22H21N5OS. The molecule has 0 aliphatic rings. The molecule has 0 bridgehead atoms. The number of thioether (sulfide) groups is 1. The van der Waals surface area contributed by atoms with Gasteiger partial charge in [-0.05, 0) is 36.8 Å². The van der Waals surface area contributed by atoms with Crippen molar-refractivity contribution in [1.29, 1.82) is 0 Å². The van der Waals surface area contributed by atoms with Gasteiger partial charge in [-0.2, -0.15) is 0 Å². The lowest BCUT2D eigenvalue weighted by Crippen LogP contribution is -2.16. The van der Waals surface area contributed by atoms with Crippen molar-refractivity contribution in [2.24, 2.45) is 0 Å². The lowest BCUT2D eigenvalue weighted by molar-refractivity contribution is -0.113. The van der Waals surface area contributed by atoms with Crippen molar-refractivity contribution in [3.8, 4) is 0 Å². The van der Waals surface area contributed by atoms with Crippen molar-refractivity contribution in [2.45, 2.75) is 18.5 Å². The van der Waals surface area contributed by atoms with Gasteiger partial charge in [0.05, 0.1) is 5.75 Å². The van der Waals surface area contributed by atoms with Crippen LogP contribution in [0.25, 0.3) is 0 Å². The molecule has 4 rings (SSSR count). The van der Waals surface area contributed by atoms with Crippen LogP contribution in [0, 0.1) is 6.92 Å². The molecule has 0 saturated heterocycles. The van der Waals surface area contributed by atoms with E-state index in [0.717, 1.165) is 22.6 Å². The van der Waals surface area contributed by atoms with Crippen LogP contribution in [0.2, 0.25) is 0 Å². The third-order valence-corrected chi connectivity index (χ3v) is 5.29. The molecule has 0 saturated carbocycles. The van der Waals surface area contributed by atoms with E-state index in [4.69, 9.17) is 0 Å². The first-order valence-electron chi connectivity index (χ1n) is 9.30. The Labute approximate surface area is 173 Å². The fourth-order valence-electron chi connectivity index (χ4n) is 2.93. The molecule has 1 N–H and O–H groups in total. The number of nitrogens with zero attached hydrogens (tertiary/aromatic N) is 4. The predicted octanol–water partition coefficient (Wildman–Crippen LogP) is 4.02. The summed E-state index contributed by atoms with van der Waals surface area (Å²) in [5.41, 5.74) is 3.10. The smallest absolute Gasteiger partial charge is 0.234 e. The second-order valence-electron chi connectivity index (χ2n) is 6.64. The van der Waals surface area contributed by atoms with Crippen LogP contribution in [0.5, 0.6) is 0 Å². The zero-order valence-electron chi connectivity index (χ0n) is 16.0. The summed E-state index contributed by atoms with van der Waals surface area (Å²) in [7, 11) is 0. The summed E-state index contributed by atoms with van der Waals surface area (Å²) in [6.45, 7) is 2.02. The Kier molecular flexibility index (Phi) is 5.76. The largest absolute Gasteiger partial charge is 0.325 e. The average molecular weight is 404 g/mol. The minimum Gasteiger partial charge on any atom is -0.325 e. The molecule has 0 radical (unpaired) electrons. The molecule has 29 heavy (non-hydrogen) atoms. The SMILES string of the molecule is Cc1ccc(NC(=O)CSc2nnc(Cc3ccccc3)n2-n2cccc2)cc1. The van der Waals surface area contributed by atoms with Gasteiger partial charge in [-0.1, -0.05) is 59.8 Å². The summed E-state index contributed by atoms with van der Waals surface area (Å²) in [6.07, 6.45) is 4.53. The highest BCUT2D eigenvalue weighted by atomic mass is 32.2. The Hall–Kier alpha value is -3.32. The maximum Gasteiger partial charge on any atom is 0.234 e. The van der Waals surface area contributed by atoms with Crippen molar-refractivity contribution in [2.75, 3.05) is 11.1 Å². The zero-order valence-corrected chi connectivity index (χ0v) is 16.8. The van der Waals surface area contributed by atoms with Gasteiger partial charge in [0, 0.05) is 24.5 Å². The van der Waals surface area contributed by atoms with E-state index in [9.17, 15) is 4.79 Å². The Balaban J connectivity index is 1.49. The predicted molar refractivity (Wildman–Crippen MR) is 115 cm³/mol. The zero-order chi connectivity index (χ0) is 20.1. The van der Waals surface area contributed by atoms with E-state index >= 15 is 0 Å². The Bertz CT molecular complexity index is 1070. The molecule has 0 spiro atoms. The maximum atomic E-state index is 12.4. The molecule has 0 aliphatic carbocycles. The van der Waals surface area contributed by atoms with Crippen molar-refractivity contribution in [3.63, 3.8) is 0 Å². The van der Waals surface area contributed by atoms with Gasteiger partial charge >= 0.3 is 0 Å². The number of amides is 1. The number of carbonyl (C=O) groups excluding carboxylic acids is 1. The van der Waals surface area contributed by atoms with E-state index in [0.29, 0.717) is 11.6 Å². The monoisotopic (exact) mass is 403 g/mol. The highest BCUT2D eigenvalue weighted by Crippen LogP contribution is 2.20. The van der Waals surface area contributed by atoms with Crippen LogP contribution >= 0.6 is 11.8 Å². The first kappa shape index (κ1) is 19.0. The van der Waals surface area contributed by atoms with Gasteiger partial charge in [0.2, 0.25) is 11.1 Å². The molecule has 2 aromatic heterocycles. The first-order valence-corrected chi connectivity index (χ1v) is 10.3. The standard InChI is InChI=1S/C22H21N5OS/c1-17-9-11-19(12-10-17)23-21(28)16-29-22-25-24-20(15-18-7-3-2-4-8-18)27(22)26-13-5-6-14-26/h2-14H,15-16H2,1H3,(H,23,28). The topological polar surface area (TPSA) is 64.7 Å². The molecule has 0 aliphatic heterocycles. The number of hydrogen-bond acceptors (Lipinski definition) is 4. The average Bonchev–Trinajstić information content (AvgIpc) is 3.39. The molecule has 0 unspecified atom stereocenters. The van der Waals surface area contributed by atoms with Gasteiger partial charge < -0.3 is 5.32 Å². The lowest BCUT2D eigenvalue weighted by Gasteiger charge is -2.11. The molecule has 6 nitrogen and oxygen atoms in total. The van der Waals surface area contributed by atoms with Crippen LogP contribution in [0.15, 0.2) is 84.3 Å². The first-order chi connectivity index (χ1) is 14.2. The van der Waals surface area contributed by atoms with Gasteiger partial charge in [-0.3, -0.25) is 9.47 Å². The normalized spacial score (nSPS) is 10.8. The highest BCUT2D eigenvalue weighted by molar-refractivity contribution is 7.99. The third-order valence-electron chi connectivity index (χ3n) is 4.37. The molecule has 0 fully saturated rings. The molecule has 4 aromatic rings. The number of rotatable bonds is 7. The fourth-order valence-corrected chi connectivity index (χ4v) is 3.68. The maximum absolute atomic E-state index is 12.4. The Morgan fingerprint density at radius 2 is 1.69 bits per heavy atom. The number of hydrogen-bond donors (Lipinski definition) is 1. The molecule has 2 heterocycles. The number of benzene rings is 2. The van der Waals surface area contributed by atoms with E-state index in [1.165, 1.54) is 11.8 Å². The summed E-state index contributed by atoms with van der Waals surface area (Å²) < 4.78 is 3.87. The number of carbonyl (C=O) groups is 1. The number of nitrogens with one attached hydrogen (secondary N) is 1. The summed E-state index contributed by atoms with van der Waals surface area (Å²) >= 11 is 1.36. The van der Waals surface area contributed by atoms with Gasteiger partial charge in [0.15, 0.2) is 5.82 Å². The molecule has 2 aromatic carbocycles. The van der Waals surface area contributed by atoms with Crippen molar-refractivity contribution in [1.82, 2.24) is 19.5 Å². The van der Waals surface area contributed by atoms with Gasteiger partial charge in [-0.15, -0.1) is 10.2 Å². The summed E-state index contributed by atoms with van der Waals surface area (Å²) in [5.74, 6) is 0.984. The lowest BCUT2D eigenvalue weighted by atomic mass is 10.1. The quantitative estimate of drug-likeness (QED) is 0.473. The van der Waals surface area contributed by atoms with Crippen molar-refractivity contribution in [3.05, 3.63) is 96.1 Å². The molecular weight excluding hydrogens is 382 g/mol. The van der Waals surface area contributed by atoms with Gasteiger partial charge in [-0.25, -0.2) is 4.68 Å². The van der Waals surface area contributed by atoms with Gasteiger partial charge in [0.1, 0.15) is 0 Å². The fraction of sp³-hybridized carbons (Fsp3) is 0.136. The van der Waals surface area contributed by atoms with Crippen molar-refractivity contribution >= 4 is 23.4 Å². The minimum absolute atomic E-state index is 0.0782. The molecule has 1 amide bonds. The van der Waals surface area contributed by atoms with Gasteiger partial charge in [0.25, 0.3) is 0 Å².